The fourth-order valence-corrected chi connectivity index (χ4v) is 3.80. The molecule has 122 valence electrons. The van der Waals surface area contributed by atoms with Gasteiger partial charge in [0.15, 0.2) is 0 Å². The average Bonchev–Trinajstić information content (AvgIpc) is 2.97. The molecular formula is C17H17F3N2O. The Morgan fingerprint density at radius 1 is 1.35 bits per heavy atom. The van der Waals surface area contributed by atoms with Gasteiger partial charge in [-0.1, -0.05) is 0 Å². The molecule has 6 heteroatoms. The maximum Gasteiger partial charge on any atom is 0.259 e. The maximum absolute atomic E-state index is 13.9. The molecule has 0 N–H and O–H groups in total. The summed E-state index contributed by atoms with van der Waals surface area (Å²) in [4.78, 5) is 14.1. The Labute approximate surface area is 132 Å². The number of benzene rings is 1. The summed E-state index contributed by atoms with van der Waals surface area (Å²) in [5, 5.41) is 8.96. The van der Waals surface area contributed by atoms with Crippen molar-refractivity contribution in [3.8, 4) is 6.07 Å². The first-order valence-corrected chi connectivity index (χ1v) is 7.58. The Bertz CT molecular complexity index is 707. The van der Waals surface area contributed by atoms with Crippen LogP contribution in [-0.4, -0.2) is 22.8 Å². The summed E-state index contributed by atoms with van der Waals surface area (Å²) >= 11 is 0. The Kier molecular flexibility index (Phi) is 3.44. The minimum Gasteiger partial charge on any atom is -0.332 e. The highest BCUT2D eigenvalue weighted by atomic mass is 19.3. The smallest absolute Gasteiger partial charge is 0.259 e. The highest BCUT2D eigenvalue weighted by Crippen LogP contribution is 2.54. The van der Waals surface area contributed by atoms with Gasteiger partial charge in [0.1, 0.15) is 11.2 Å². The van der Waals surface area contributed by atoms with Crippen LogP contribution in [-0.2, 0) is 4.79 Å². The third kappa shape index (κ3) is 2.30. The largest absolute Gasteiger partial charge is 0.332 e. The van der Waals surface area contributed by atoms with Crippen LogP contribution < -0.4 is 0 Å². The van der Waals surface area contributed by atoms with Crippen LogP contribution in [0.3, 0.4) is 0 Å². The second-order valence-corrected chi connectivity index (χ2v) is 6.77. The van der Waals surface area contributed by atoms with E-state index in [9.17, 15) is 18.0 Å². The van der Waals surface area contributed by atoms with Crippen LogP contribution in [0.1, 0.15) is 50.3 Å². The van der Waals surface area contributed by atoms with Gasteiger partial charge >= 0.3 is 0 Å². The van der Waals surface area contributed by atoms with Crippen LogP contribution in [0.15, 0.2) is 18.2 Å². The number of fused-ring (bicyclic) bond motifs is 1. The van der Waals surface area contributed by atoms with Gasteiger partial charge < -0.3 is 4.90 Å². The van der Waals surface area contributed by atoms with Crippen LogP contribution in [0.25, 0.3) is 0 Å². The summed E-state index contributed by atoms with van der Waals surface area (Å²) < 4.78 is 41.5. The van der Waals surface area contributed by atoms with E-state index in [1.807, 2.05) is 6.07 Å². The molecular weight excluding hydrogens is 305 g/mol. The summed E-state index contributed by atoms with van der Waals surface area (Å²) in [6.07, 6.45) is 1.31. The monoisotopic (exact) mass is 322 g/mol. The summed E-state index contributed by atoms with van der Waals surface area (Å²) in [5.74, 6) is -4.25. The molecule has 1 aromatic carbocycles. The van der Waals surface area contributed by atoms with Crippen LogP contribution in [0.5, 0.6) is 0 Å². The lowest BCUT2D eigenvalue weighted by Gasteiger charge is -2.31. The number of rotatable bonds is 2. The van der Waals surface area contributed by atoms with E-state index in [0.29, 0.717) is 18.4 Å². The standard InChI is InChI=1S/C17H17F3N2O/c1-16(17(2,19)20)8-13-3-4-14(22(13)15(16)23)11-5-10(9-21)6-12(18)7-11/h5-7,13-14H,3-4,8H2,1-2H3/t13-,14-,16?/m0/s1. The topological polar surface area (TPSA) is 44.1 Å². The lowest BCUT2D eigenvalue weighted by molar-refractivity contribution is -0.156. The van der Waals surface area contributed by atoms with Crippen molar-refractivity contribution in [1.29, 1.82) is 5.26 Å². The zero-order chi connectivity index (χ0) is 17.0. The molecule has 3 atom stereocenters. The quantitative estimate of drug-likeness (QED) is 0.831. The Balaban J connectivity index is 1.98. The fraction of sp³-hybridized carbons (Fsp3) is 0.529. The Morgan fingerprint density at radius 2 is 2.04 bits per heavy atom. The number of nitrogens with zero attached hydrogens (tertiary/aromatic N) is 2. The van der Waals surface area contributed by atoms with Crippen LogP contribution in [0.2, 0.25) is 0 Å². The first-order valence-electron chi connectivity index (χ1n) is 7.58. The number of hydrogen-bond donors (Lipinski definition) is 0. The number of alkyl halides is 2. The average molecular weight is 322 g/mol. The molecule has 0 aromatic heterocycles. The lowest BCUT2D eigenvalue weighted by atomic mass is 9.80. The molecule has 2 saturated heterocycles. The predicted octanol–water partition coefficient (Wildman–Crippen LogP) is 3.79. The number of nitriles is 1. The van der Waals surface area contributed by atoms with E-state index in [4.69, 9.17) is 5.26 Å². The molecule has 0 radical (unpaired) electrons. The first-order chi connectivity index (χ1) is 10.7. The van der Waals surface area contributed by atoms with Crippen molar-refractivity contribution in [3.63, 3.8) is 0 Å². The molecule has 2 aliphatic heterocycles. The molecule has 0 bridgehead atoms. The highest BCUT2D eigenvalue weighted by molar-refractivity contribution is 5.87. The van der Waals surface area contributed by atoms with Gasteiger partial charge in [0.2, 0.25) is 5.91 Å². The van der Waals surface area contributed by atoms with Gasteiger partial charge in [-0.3, -0.25) is 4.79 Å². The normalized spacial score (nSPS) is 30.4. The second kappa shape index (κ2) is 4.98. The van der Waals surface area contributed by atoms with Crippen molar-refractivity contribution >= 4 is 5.91 Å². The summed E-state index contributed by atoms with van der Waals surface area (Å²) in [5.41, 5.74) is -1.05. The molecule has 0 aliphatic carbocycles. The van der Waals surface area contributed by atoms with Crippen LogP contribution >= 0.6 is 0 Å². The maximum atomic E-state index is 13.9. The van der Waals surface area contributed by atoms with Crippen molar-refractivity contribution in [1.82, 2.24) is 4.90 Å². The van der Waals surface area contributed by atoms with Crippen molar-refractivity contribution in [2.24, 2.45) is 5.41 Å². The van der Waals surface area contributed by atoms with Gasteiger partial charge in [0.25, 0.3) is 5.92 Å². The van der Waals surface area contributed by atoms with Crippen molar-refractivity contribution in [3.05, 3.63) is 35.1 Å². The minimum atomic E-state index is -3.11. The first kappa shape index (κ1) is 15.9. The summed E-state index contributed by atoms with van der Waals surface area (Å²) in [6.45, 7) is 2.08. The van der Waals surface area contributed by atoms with E-state index < -0.39 is 29.1 Å². The van der Waals surface area contributed by atoms with Gasteiger partial charge in [-0.05, 0) is 49.9 Å². The van der Waals surface area contributed by atoms with E-state index in [1.165, 1.54) is 24.0 Å². The van der Waals surface area contributed by atoms with Gasteiger partial charge in [-0.25, -0.2) is 13.2 Å². The number of hydrogen-bond acceptors (Lipinski definition) is 2. The van der Waals surface area contributed by atoms with Crippen molar-refractivity contribution in [2.75, 3.05) is 0 Å². The molecule has 0 spiro atoms. The SMILES string of the molecule is CC(F)(F)C1(C)C[C@@H]2CC[C@@H](c3cc(F)cc(C#N)c3)N2C1=O. The van der Waals surface area contributed by atoms with Gasteiger partial charge in [-0.2, -0.15) is 5.26 Å². The van der Waals surface area contributed by atoms with Gasteiger partial charge in [0.05, 0.1) is 17.7 Å². The molecule has 1 aromatic rings. The fourth-order valence-electron chi connectivity index (χ4n) is 3.80. The number of amides is 1. The molecule has 2 heterocycles. The third-order valence-electron chi connectivity index (χ3n) is 5.26. The third-order valence-corrected chi connectivity index (χ3v) is 5.26. The zero-order valence-corrected chi connectivity index (χ0v) is 12.9. The van der Waals surface area contributed by atoms with Crippen molar-refractivity contribution in [2.45, 2.75) is 51.1 Å². The molecule has 1 amide bonds. The minimum absolute atomic E-state index is 0.103. The van der Waals surface area contributed by atoms with E-state index in [-0.39, 0.29) is 18.0 Å². The Hall–Kier alpha value is -2.03. The van der Waals surface area contributed by atoms with E-state index >= 15 is 0 Å². The van der Waals surface area contributed by atoms with Crippen molar-refractivity contribution < 1.29 is 18.0 Å². The summed E-state index contributed by atoms with van der Waals surface area (Å²) in [6, 6.07) is 5.11. The van der Waals surface area contributed by atoms with Crippen LogP contribution in [0, 0.1) is 22.6 Å². The molecule has 2 aliphatic rings. The molecule has 1 unspecified atom stereocenters. The Morgan fingerprint density at radius 3 is 2.65 bits per heavy atom. The number of halogens is 3. The molecule has 3 nitrogen and oxygen atoms in total. The summed E-state index contributed by atoms with van der Waals surface area (Å²) in [7, 11) is 0. The highest BCUT2D eigenvalue weighted by Gasteiger charge is 2.62. The predicted molar refractivity (Wildman–Crippen MR) is 77.1 cm³/mol. The molecule has 3 rings (SSSR count). The lowest BCUT2D eigenvalue weighted by Crippen LogP contribution is -2.44. The van der Waals surface area contributed by atoms with Crippen LogP contribution in [0.4, 0.5) is 13.2 Å². The molecule has 2 fully saturated rings. The van der Waals surface area contributed by atoms with Gasteiger partial charge in [0, 0.05) is 13.0 Å². The molecule has 23 heavy (non-hydrogen) atoms. The zero-order valence-electron chi connectivity index (χ0n) is 12.9. The van der Waals surface area contributed by atoms with E-state index in [1.54, 1.807) is 0 Å². The number of carbonyl (C=O) groups is 1. The van der Waals surface area contributed by atoms with Gasteiger partial charge in [-0.15, -0.1) is 0 Å². The van der Waals surface area contributed by atoms with E-state index in [2.05, 4.69) is 0 Å². The number of carbonyl (C=O) groups excluding carboxylic acids is 1. The molecule has 0 saturated carbocycles. The van der Waals surface area contributed by atoms with E-state index in [0.717, 1.165) is 13.0 Å². The second-order valence-electron chi connectivity index (χ2n) is 6.77.